The lowest BCUT2D eigenvalue weighted by atomic mass is 10.2. The van der Waals surface area contributed by atoms with E-state index < -0.39 is 0 Å². The number of nitrogens with zero attached hydrogens (tertiary/aromatic N) is 1. The van der Waals surface area contributed by atoms with Crippen LogP contribution in [-0.4, -0.2) is 9.67 Å². The van der Waals surface area contributed by atoms with Gasteiger partial charge in [0.15, 0.2) is 0 Å². The Balaban J connectivity index is 2.59. The van der Waals surface area contributed by atoms with Crippen molar-refractivity contribution in [1.82, 2.24) is 4.57 Å². The molecule has 0 aliphatic rings. The van der Waals surface area contributed by atoms with Gasteiger partial charge in [-0.1, -0.05) is 31.5 Å². The van der Waals surface area contributed by atoms with Crippen LogP contribution in [0.5, 0.6) is 0 Å². The number of hydrogen-bond donors (Lipinski definition) is 1. The Morgan fingerprint density at radius 3 is 2.75 bits per heavy atom. The number of aliphatic hydroxyl groups is 1. The van der Waals surface area contributed by atoms with Crippen molar-refractivity contribution in [3.05, 3.63) is 35.0 Å². The highest BCUT2D eigenvalue weighted by molar-refractivity contribution is 6.31. The second kappa shape index (κ2) is 4.48. The van der Waals surface area contributed by atoms with Gasteiger partial charge in [0.2, 0.25) is 0 Å². The number of fused-ring (bicyclic) bond motifs is 1. The highest BCUT2D eigenvalue weighted by atomic mass is 35.5. The molecule has 0 spiro atoms. The van der Waals surface area contributed by atoms with Crippen LogP contribution >= 0.6 is 11.6 Å². The van der Waals surface area contributed by atoms with E-state index in [-0.39, 0.29) is 6.61 Å². The molecule has 0 bridgehead atoms. The van der Waals surface area contributed by atoms with Gasteiger partial charge in [-0.05, 0) is 18.1 Å². The first-order valence-electron chi connectivity index (χ1n) is 5.50. The zero-order valence-corrected chi connectivity index (χ0v) is 10.3. The lowest BCUT2D eigenvalue weighted by molar-refractivity contribution is 0.283. The van der Waals surface area contributed by atoms with Crippen LogP contribution in [0.25, 0.3) is 10.9 Å². The molecule has 2 rings (SSSR count). The molecule has 1 aromatic heterocycles. The number of rotatable bonds is 3. The highest BCUT2D eigenvalue weighted by Gasteiger charge is 2.09. The molecule has 0 aliphatic heterocycles. The van der Waals surface area contributed by atoms with Gasteiger partial charge in [0.1, 0.15) is 0 Å². The summed E-state index contributed by atoms with van der Waals surface area (Å²) in [5, 5.41) is 11.1. The molecule has 0 amide bonds. The first-order chi connectivity index (χ1) is 7.61. The standard InChI is InChI=1S/C13H16ClNO/c1-9(2)6-15-7-10(8-16)12-4-3-11(14)5-13(12)15/h3-5,7,9,16H,6,8H2,1-2H3. The van der Waals surface area contributed by atoms with E-state index in [1.54, 1.807) is 0 Å². The van der Waals surface area contributed by atoms with Crippen molar-refractivity contribution in [1.29, 1.82) is 0 Å². The fraction of sp³-hybridized carbons (Fsp3) is 0.385. The van der Waals surface area contributed by atoms with Crippen LogP contribution in [-0.2, 0) is 13.2 Å². The Hall–Kier alpha value is -0.990. The quantitative estimate of drug-likeness (QED) is 0.869. The molecule has 86 valence electrons. The third-order valence-electron chi connectivity index (χ3n) is 2.66. The molecule has 2 aromatic rings. The van der Waals surface area contributed by atoms with E-state index in [0.29, 0.717) is 5.92 Å². The Bertz CT molecular complexity index is 502. The van der Waals surface area contributed by atoms with Crippen molar-refractivity contribution in [2.45, 2.75) is 27.0 Å². The second-order valence-electron chi connectivity index (χ2n) is 4.52. The first kappa shape index (κ1) is 11.5. The summed E-state index contributed by atoms with van der Waals surface area (Å²) in [4.78, 5) is 0. The smallest absolute Gasteiger partial charge is 0.0702 e. The average molecular weight is 238 g/mol. The fourth-order valence-electron chi connectivity index (χ4n) is 2.01. The first-order valence-corrected chi connectivity index (χ1v) is 5.87. The summed E-state index contributed by atoms with van der Waals surface area (Å²) >= 11 is 6.00. The summed E-state index contributed by atoms with van der Waals surface area (Å²) in [6.45, 7) is 5.37. The third-order valence-corrected chi connectivity index (χ3v) is 2.89. The van der Waals surface area contributed by atoms with Crippen LogP contribution in [0.3, 0.4) is 0 Å². The van der Waals surface area contributed by atoms with Crippen LogP contribution < -0.4 is 0 Å². The Morgan fingerprint density at radius 2 is 2.12 bits per heavy atom. The predicted octanol–water partition coefficient (Wildman–Crippen LogP) is 3.44. The fourth-order valence-corrected chi connectivity index (χ4v) is 2.18. The van der Waals surface area contributed by atoms with E-state index >= 15 is 0 Å². The molecule has 16 heavy (non-hydrogen) atoms. The maximum Gasteiger partial charge on any atom is 0.0702 e. The van der Waals surface area contributed by atoms with Gasteiger partial charge in [-0.2, -0.15) is 0 Å². The molecule has 0 radical (unpaired) electrons. The molecule has 0 saturated heterocycles. The highest BCUT2D eigenvalue weighted by Crippen LogP contribution is 2.25. The van der Waals surface area contributed by atoms with Crippen molar-refractivity contribution < 1.29 is 5.11 Å². The van der Waals surface area contributed by atoms with Gasteiger partial charge in [0.05, 0.1) is 6.61 Å². The molecule has 3 heteroatoms. The van der Waals surface area contributed by atoms with Crippen molar-refractivity contribution in [2.75, 3.05) is 0 Å². The minimum absolute atomic E-state index is 0.0726. The van der Waals surface area contributed by atoms with Crippen LogP contribution in [0.2, 0.25) is 5.02 Å². The summed E-state index contributed by atoms with van der Waals surface area (Å²) in [7, 11) is 0. The number of aliphatic hydroxyl groups excluding tert-OH is 1. The monoisotopic (exact) mass is 237 g/mol. The predicted molar refractivity (Wildman–Crippen MR) is 67.7 cm³/mol. The topological polar surface area (TPSA) is 25.2 Å². The zero-order valence-electron chi connectivity index (χ0n) is 9.57. The average Bonchev–Trinajstić information content (AvgIpc) is 2.55. The Morgan fingerprint density at radius 1 is 1.38 bits per heavy atom. The maximum atomic E-state index is 9.31. The minimum atomic E-state index is 0.0726. The Kier molecular flexibility index (Phi) is 3.22. The van der Waals surface area contributed by atoms with E-state index in [0.717, 1.165) is 28.0 Å². The van der Waals surface area contributed by atoms with E-state index in [9.17, 15) is 5.11 Å². The largest absolute Gasteiger partial charge is 0.392 e. The summed E-state index contributed by atoms with van der Waals surface area (Å²) in [5.41, 5.74) is 2.07. The molecule has 1 aromatic carbocycles. The van der Waals surface area contributed by atoms with Gasteiger partial charge in [-0.3, -0.25) is 0 Å². The van der Waals surface area contributed by atoms with Crippen LogP contribution in [0.15, 0.2) is 24.4 Å². The number of halogens is 1. The minimum Gasteiger partial charge on any atom is -0.392 e. The van der Waals surface area contributed by atoms with E-state index in [1.807, 2.05) is 24.4 Å². The summed E-state index contributed by atoms with van der Waals surface area (Å²) < 4.78 is 2.16. The summed E-state index contributed by atoms with van der Waals surface area (Å²) in [6.07, 6.45) is 2.01. The van der Waals surface area contributed by atoms with Gasteiger partial charge < -0.3 is 9.67 Å². The van der Waals surface area contributed by atoms with Crippen LogP contribution in [0.1, 0.15) is 19.4 Å². The SMILES string of the molecule is CC(C)Cn1cc(CO)c2ccc(Cl)cc21. The van der Waals surface area contributed by atoms with E-state index in [2.05, 4.69) is 18.4 Å². The summed E-state index contributed by atoms with van der Waals surface area (Å²) in [6, 6.07) is 5.79. The molecule has 1 N–H and O–H groups in total. The van der Waals surface area contributed by atoms with E-state index in [1.165, 1.54) is 0 Å². The van der Waals surface area contributed by atoms with Gasteiger partial charge in [0.25, 0.3) is 0 Å². The maximum absolute atomic E-state index is 9.31. The third kappa shape index (κ3) is 2.08. The molecular formula is C13H16ClNO. The summed E-state index contributed by atoms with van der Waals surface area (Å²) in [5.74, 6) is 0.570. The van der Waals surface area contributed by atoms with Crippen molar-refractivity contribution in [3.63, 3.8) is 0 Å². The van der Waals surface area contributed by atoms with Crippen LogP contribution in [0, 0.1) is 5.92 Å². The van der Waals surface area contributed by atoms with Gasteiger partial charge >= 0.3 is 0 Å². The molecule has 0 saturated carbocycles. The molecule has 0 atom stereocenters. The van der Waals surface area contributed by atoms with Gasteiger partial charge in [-0.25, -0.2) is 0 Å². The molecule has 0 unspecified atom stereocenters. The second-order valence-corrected chi connectivity index (χ2v) is 4.96. The zero-order chi connectivity index (χ0) is 11.7. The Labute approximate surface area is 100 Å². The number of benzene rings is 1. The van der Waals surface area contributed by atoms with Crippen molar-refractivity contribution in [3.8, 4) is 0 Å². The molecule has 2 nitrogen and oxygen atoms in total. The normalized spacial score (nSPS) is 11.6. The van der Waals surface area contributed by atoms with Crippen LogP contribution in [0.4, 0.5) is 0 Å². The van der Waals surface area contributed by atoms with Crippen molar-refractivity contribution in [2.24, 2.45) is 5.92 Å². The molecular weight excluding hydrogens is 222 g/mol. The number of hydrogen-bond acceptors (Lipinski definition) is 1. The van der Waals surface area contributed by atoms with Crippen molar-refractivity contribution >= 4 is 22.5 Å². The molecule has 1 heterocycles. The van der Waals surface area contributed by atoms with Gasteiger partial charge in [0, 0.05) is 34.2 Å². The lowest BCUT2D eigenvalue weighted by Gasteiger charge is -2.08. The van der Waals surface area contributed by atoms with E-state index in [4.69, 9.17) is 11.6 Å². The van der Waals surface area contributed by atoms with Gasteiger partial charge in [-0.15, -0.1) is 0 Å². The lowest BCUT2D eigenvalue weighted by Crippen LogP contribution is -2.02. The molecule has 0 aliphatic carbocycles. The number of aromatic nitrogens is 1. The molecule has 0 fully saturated rings.